The van der Waals surface area contributed by atoms with E-state index in [0.717, 1.165) is 29.1 Å². The molecule has 11 heteroatoms. The Labute approximate surface area is 161 Å². The van der Waals surface area contributed by atoms with Gasteiger partial charge in [-0.1, -0.05) is 0 Å². The van der Waals surface area contributed by atoms with Crippen molar-refractivity contribution in [2.24, 2.45) is 0 Å². The first-order valence-corrected chi connectivity index (χ1v) is 8.39. The van der Waals surface area contributed by atoms with Crippen LogP contribution in [0.4, 0.5) is 23.2 Å². The molecule has 0 spiro atoms. The molecule has 0 aliphatic carbocycles. The summed E-state index contributed by atoms with van der Waals surface area (Å²) in [7, 11) is 1.47. The molecule has 0 aliphatic heterocycles. The third-order valence-corrected chi connectivity index (χ3v) is 4.07. The zero-order valence-electron chi connectivity index (χ0n) is 15.0. The van der Waals surface area contributed by atoms with Crippen molar-refractivity contribution in [3.63, 3.8) is 0 Å². The van der Waals surface area contributed by atoms with Crippen LogP contribution in [0.2, 0.25) is 0 Å². The molecule has 152 valence electrons. The van der Waals surface area contributed by atoms with Gasteiger partial charge in [0.1, 0.15) is 11.5 Å². The Kier molecular flexibility index (Phi) is 5.48. The highest BCUT2D eigenvalue weighted by molar-refractivity contribution is 6.02. The SMILES string of the molecule is CNC(=O)CCc1cc(NC(=O)c2cn3cc(C(F)(F)F)nc3cn2)ccc1F. The number of hydrogen-bond donors (Lipinski definition) is 2. The summed E-state index contributed by atoms with van der Waals surface area (Å²) in [5, 5.41) is 4.94. The van der Waals surface area contributed by atoms with E-state index in [0.29, 0.717) is 0 Å². The largest absolute Gasteiger partial charge is 0.434 e. The Balaban J connectivity index is 1.78. The van der Waals surface area contributed by atoms with Crippen LogP contribution in [-0.4, -0.2) is 33.2 Å². The van der Waals surface area contributed by atoms with E-state index >= 15 is 0 Å². The Morgan fingerprint density at radius 2 is 1.97 bits per heavy atom. The van der Waals surface area contributed by atoms with Crippen LogP contribution < -0.4 is 10.6 Å². The van der Waals surface area contributed by atoms with Gasteiger partial charge in [0.05, 0.1) is 6.20 Å². The number of carbonyl (C=O) groups excluding carboxylic acids is 2. The fraction of sp³-hybridized carbons (Fsp3) is 0.222. The fourth-order valence-electron chi connectivity index (χ4n) is 2.57. The van der Waals surface area contributed by atoms with Crippen LogP contribution in [0.1, 0.15) is 28.2 Å². The van der Waals surface area contributed by atoms with Crippen LogP contribution in [0.25, 0.3) is 5.65 Å². The normalized spacial score (nSPS) is 11.5. The quantitative estimate of drug-likeness (QED) is 0.635. The highest BCUT2D eigenvalue weighted by Gasteiger charge is 2.34. The van der Waals surface area contributed by atoms with Crippen LogP contribution in [0, 0.1) is 5.82 Å². The van der Waals surface area contributed by atoms with E-state index in [1.54, 1.807) is 0 Å². The molecule has 0 atom stereocenters. The summed E-state index contributed by atoms with van der Waals surface area (Å²) in [5.41, 5.74) is -0.825. The Bertz CT molecular complexity index is 1080. The number of amides is 2. The number of fused-ring (bicyclic) bond motifs is 1. The predicted molar refractivity (Wildman–Crippen MR) is 94.7 cm³/mol. The summed E-state index contributed by atoms with van der Waals surface area (Å²) in [6.07, 6.45) is -1.50. The van der Waals surface area contributed by atoms with Gasteiger partial charge in [0, 0.05) is 31.5 Å². The number of aromatic nitrogens is 3. The summed E-state index contributed by atoms with van der Waals surface area (Å²) in [4.78, 5) is 30.9. The Morgan fingerprint density at radius 1 is 1.21 bits per heavy atom. The van der Waals surface area contributed by atoms with Gasteiger partial charge in [0.15, 0.2) is 11.3 Å². The first-order chi connectivity index (χ1) is 13.7. The lowest BCUT2D eigenvalue weighted by Gasteiger charge is -2.08. The molecule has 7 nitrogen and oxygen atoms in total. The lowest BCUT2D eigenvalue weighted by molar-refractivity contribution is -0.140. The maximum Gasteiger partial charge on any atom is 0.434 e. The zero-order chi connectivity index (χ0) is 21.2. The highest BCUT2D eigenvalue weighted by atomic mass is 19.4. The second-order valence-electron chi connectivity index (χ2n) is 6.10. The van der Waals surface area contributed by atoms with Crippen molar-refractivity contribution >= 4 is 23.1 Å². The smallest absolute Gasteiger partial charge is 0.359 e. The second-order valence-corrected chi connectivity index (χ2v) is 6.10. The molecule has 2 aromatic heterocycles. The van der Waals surface area contributed by atoms with Crippen LogP contribution in [0.3, 0.4) is 0 Å². The highest BCUT2D eigenvalue weighted by Crippen LogP contribution is 2.28. The van der Waals surface area contributed by atoms with Crippen molar-refractivity contribution in [2.45, 2.75) is 19.0 Å². The van der Waals surface area contributed by atoms with Crippen LogP contribution in [0.15, 0.2) is 36.8 Å². The molecule has 2 heterocycles. The standard InChI is InChI=1S/C18H15F4N5O2/c1-23-16(28)5-2-10-6-11(3-4-12(10)19)25-17(29)13-8-27-9-14(18(20,21)22)26-15(27)7-24-13/h3-4,6-9H,2,5H2,1H3,(H,23,28)(H,25,29). The van der Waals surface area contributed by atoms with Crippen molar-refractivity contribution in [3.05, 3.63) is 59.6 Å². The molecule has 2 N–H and O–H groups in total. The van der Waals surface area contributed by atoms with Gasteiger partial charge in [-0.25, -0.2) is 14.4 Å². The van der Waals surface area contributed by atoms with Crippen molar-refractivity contribution in [3.8, 4) is 0 Å². The summed E-state index contributed by atoms with van der Waals surface area (Å²) in [5.74, 6) is -1.47. The molecule has 3 rings (SSSR count). The number of aryl methyl sites for hydroxylation is 1. The Morgan fingerprint density at radius 3 is 2.66 bits per heavy atom. The molecule has 0 bridgehead atoms. The first kappa shape index (κ1) is 20.2. The van der Waals surface area contributed by atoms with Crippen molar-refractivity contribution in [1.82, 2.24) is 19.7 Å². The molecular formula is C18H15F4N5O2. The first-order valence-electron chi connectivity index (χ1n) is 8.39. The topological polar surface area (TPSA) is 88.4 Å². The van der Waals surface area contributed by atoms with E-state index in [2.05, 4.69) is 20.6 Å². The average Bonchev–Trinajstić information content (AvgIpc) is 3.12. The molecule has 0 saturated carbocycles. The molecule has 2 amide bonds. The van der Waals surface area contributed by atoms with Gasteiger partial charge >= 0.3 is 6.18 Å². The number of anilines is 1. The molecule has 0 saturated heterocycles. The maximum atomic E-state index is 13.9. The van der Waals surface area contributed by atoms with Gasteiger partial charge in [0.2, 0.25) is 5.91 Å². The van der Waals surface area contributed by atoms with E-state index in [-0.39, 0.29) is 41.3 Å². The summed E-state index contributed by atoms with van der Waals surface area (Å²) >= 11 is 0. The number of hydrogen-bond acceptors (Lipinski definition) is 4. The lowest BCUT2D eigenvalue weighted by Crippen LogP contribution is -2.18. The minimum atomic E-state index is -4.62. The monoisotopic (exact) mass is 409 g/mol. The number of carbonyl (C=O) groups is 2. The third kappa shape index (κ3) is 4.68. The molecule has 0 radical (unpaired) electrons. The number of imidazole rings is 1. The average molecular weight is 409 g/mol. The number of alkyl halides is 3. The van der Waals surface area contributed by atoms with Crippen molar-refractivity contribution in [1.29, 1.82) is 0 Å². The summed E-state index contributed by atoms with van der Waals surface area (Å²) in [6, 6.07) is 3.86. The van der Waals surface area contributed by atoms with Crippen LogP contribution >= 0.6 is 0 Å². The van der Waals surface area contributed by atoms with Gasteiger partial charge in [-0.05, 0) is 30.2 Å². The summed E-state index contributed by atoms with van der Waals surface area (Å²) < 4.78 is 53.2. The lowest BCUT2D eigenvalue weighted by atomic mass is 10.1. The van der Waals surface area contributed by atoms with E-state index in [1.807, 2.05) is 0 Å². The molecule has 0 unspecified atom stereocenters. The molecule has 29 heavy (non-hydrogen) atoms. The minimum absolute atomic E-state index is 0.0628. The molecule has 1 aromatic carbocycles. The maximum absolute atomic E-state index is 13.9. The van der Waals surface area contributed by atoms with Gasteiger partial charge in [-0.2, -0.15) is 13.2 Å². The predicted octanol–water partition coefficient (Wildman–Crippen LogP) is 2.82. The summed E-state index contributed by atoms with van der Waals surface area (Å²) in [6.45, 7) is 0. The van der Waals surface area contributed by atoms with Gasteiger partial charge in [-0.3, -0.25) is 9.59 Å². The van der Waals surface area contributed by atoms with E-state index in [1.165, 1.54) is 19.2 Å². The number of nitrogens with one attached hydrogen (secondary N) is 2. The molecule has 0 fully saturated rings. The van der Waals surface area contributed by atoms with E-state index in [4.69, 9.17) is 0 Å². The van der Waals surface area contributed by atoms with Crippen molar-refractivity contribution in [2.75, 3.05) is 12.4 Å². The molecular weight excluding hydrogens is 394 g/mol. The Hall–Kier alpha value is -3.50. The van der Waals surface area contributed by atoms with Crippen molar-refractivity contribution < 1.29 is 27.2 Å². The molecule has 0 aliphatic rings. The number of nitrogens with zero attached hydrogens (tertiary/aromatic N) is 3. The second kappa shape index (κ2) is 7.86. The van der Waals surface area contributed by atoms with Gasteiger partial charge in [-0.15, -0.1) is 0 Å². The number of benzene rings is 1. The fourth-order valence-corrected chi connectivity index (χ4v) is 2.57. The third-order valence-electron chi connectivity index (χ3n) is 4.07. The zero-order valence-corrected chi connectivity index (χ0v) is 15.0. The van der Waals surface area contributed by atoms with E-state index < -0.39 is 23.6 Å². The minimum Gasteiger partial charge on any atom is -0.359 e. The van der Waals surface area contributed by atoms with E-state index in [9.17, 15) is 27.2 Å². The van der Waals surface area contributed by atoms with Crippen LogP contribution in [0.5, 0.6) is 0 Å². The molecule has 3 aromatic rings. The van der Waals surface area contributed by atoms with Gasteiger partial charge < -0.3 is 15.0 Å². The van der Waals surface area contributed by atoms with Crippen LogP contribution in [-0.2, 0) is 17.4 Å². The number of rotatable bonds is 5. The van der Waals surface area contributed by atoms with Gasteiger partial charge in [0.25, 0.3) is 5.91 Å². The number of halogens is 4.